The standard InChI is InChI=1S/C13H7Br2N5O3/c14-7-3-4-8(10-6(7)2-1-5-16-10)17-13(21)11-9(15)12(19-18-11)20(22)23/h1-5H,(H,17,21)(H,18,19). The van der Waals surface area contributed by atoms with Gasteiger partial charge in [-0.25, -0.2) is 0 Å². The minimum Gasteiger partial charge on any atom is -0.358 e. The third kappa shape index (κ3) is 2.82. The number of H-pyrrole nitrogens is 1. The fourth-order valence-corrected chi connectivity index (χ4v) is 2.97. The van der Waals surface area contributed by atoms with Crippen LogP contribution in [-0.4, -0.2) is 26.0 Å². The fourth-order valence-electron chi connectivity index (χ4n) is 2.01. The molecular formula is C13H7Br2N5O3. The number of anilines is 1. The Morgan fingerprint density at radius 2 is 2.09 bits per heavy atom. The summed E-state index contributed by atoms with van der Waals surface area (Å²) < 4.78 is 0.838. The molecule has 1 amide bonds. The minimum absolute atomic E-state index is 0.00521. The molecule has 0 atom stereocenters. The number of aromatic amines is 1. The summed E-state index contributed by atoms with van der Waals surface area (Å²) in [7, 11) is 0. The van der Waals surface area contributed by atoms with Crippen LogP contribution in [-0.2, 0) is 0 Å². The van der Waals surface area contributed by atoms with E-state index < -0.39 is 10.8 Å². The van der Waals surface area contributed by atoms with Crippen molar-refractivity contribution in [1.29, 1.82) is 0 Å². The normalized spacial score (nSPS) is 10.7. The predicted molar refractivity (Wildman–Crippen MR) is 90.3 cm³/mol. The van der Waals surface area contributed by atoms with Gasteiger partial charge in [0.1, 0.15) is 4.47 Å². The van der Waals surface area contributed by atoms with Crippen molar-refractivity contribution < 1.29 is 9.72 Å². The molecular weight excluding hydrogens is 434 g/mol. The Hall–Kier alpha value is -2.33. The van der Waals surface area contributed by atoms with Crippen molar-refractivity contribution in [2.75, 3.05) is 5.32 Å². The number of nitrogens with one attached hydrogen (secondary N) is 2. The fraction of sp³-hybridized carbons (Fsp3) is 0. The third-order valence-corrected chi connectivity index (χ3v) is 4.49. The summed E-state index contributed by atoms with van der Waals surface area (Å²) in [6, 6.07) is 7.11. The lowest BCUT2D eigenvalue weighted by molar-refractivity contribution is -0.390. The Morgan fingerprint density at radius 1 is 1.30 bits per heavy atom. The number of carbonyl (C=O) groups excluding carboxylic acids is 1. The molecule has 3 rings (SSSR count). The lowest BCUT2D eigenvalue weighted by Crippen LogP contribution is -2.13. The van der Waals surface area contributed by atoms with Crippen molar-refractivity contribution in [2.24, 2.45) is 0 Å². The zero-order valence-corrected chi connectivity index (χ0v) is 14.4. The largest absolute Gasteiger partial charge is 0.358 e. The van der Waals surface area contributed by atoms with Gasteiger partial charge >= 0.3 is 5.82 Å². The highest BCUT2D eigenvalue weighted by molar-refractivity contribution is 9.11. The zero-order chi connectivity index (χ0) is 16.6. The van der Waals surface area contributed by atoms with Gasteiger partial charge in [0, 0.05) is 16.1 Å². The second kappa shape index (κ2) is 6.05. The lowest BCUT2D eigenvalue weighted by atomic mass is 10.2. The van der Waals surface area contributed by atoms with E-state index in [2.05, 4.69) is 52.4 Å². The Balaban J connectivity index is 1.98. The average molecular weight is 441 g/mol. The van der Waals surface area contributed by atoms with Gasteiger partial charge in [-0.05, 0) is 39.1 Å². The van der Waals surface area contributed by atoms with E-state index in [0.29, 0.717) is 11.2 Å². The molecule has 0 spiro atoms. The van der Waals surface area contributed by atoms with E-state index in [1.54, 1.807) is 24.4 Å². The summed E-state index contributed by atoms with van der Waals surface area (Å²) in [5.74, 6) is -0.968. The molecule has 0 aliphatic heterocycles. The van der Waals surface area contributed by atoms with Crippen LogP contribution in [0.1, 0.15) is 10.5 Å². The van der Waals surface area contributed by atoms with E-state index in [1.165, 1.54) is 0 Å². The van der Waals surface area contributed by atoms with Crippen LogP contribution in [0.15, 0.2) is 39.4 Å². The molecule has 2 heterocycles. The number of amides is 1. The summed E-state index contributed by atoms with van der Waals surface area (Å²) in [4.78, 5) is 26.7. The first-order valence-electron chi connectivity index (χ1n) is 6.22. The number of benzene rings is 1. The van der Waals surface area contributed by atoms with E-state index in [9.17, 15) is 14.9 Å². The number of rotatable bonds is 3. The molecule has 23 heavy (non-hydrogen) atoms. The van der Waals surface area contributed by atoms with Crippen LogP contribution in [0, 0.1) is 10.1 Å². The summed E-state index contributed by atoms with van der Waals surface area (Å²) >= 11 is 6.43. The van der Waals surface area contributed by atoms with Crippen LogP contribution >= 0.6 is 31.9 Å². The number of hydrogen-bond donors (Lipinski definition) is 2. The Labute approximate surface area is 145 Å². The predicted octanol–water partition coefficient (Wildman–Crippen LogP) is 3.64. The van der Waals surface area contributed by atoms with Crippen LogP contribution in [0.25, 0.3) is 10.9 Å². The molecule has 0 fully saturated rings. The van der Waals surface area contributed by atoms with Gasteiger partial charge in [-0.2, -0.15) is 0 Å². The third-order valence-electron chi connectivity index (χ3n) is 3.05. The molecule has 0 aliphatic rings. The van der Waals surface area contributed by atoms with Gasteiger partial charge in [0.05, 0.1) is 11.2 Å². The number of nitrogens with zero attached hydrogens (tertiary/aromatic N) is 3. The molecule has 0 radical (unpaired) electrons. The van der Waals surface area contributed by atoms with Crippen LogP contribution in [0.5, 0.6) is 0 Å². The number of pyridine rings is 1. The van der Waals surface area contributed by atoms with E-state index in [1.807, 2.05) is 6.07 Å². The summed E-state index contributed by atoms with van der Waals surface area (Å²) in [6.07, 6.45) is 1.61. The van der Waals surface area contributed by atoms with Gasteiger partial charge in [0.15, 0.2) is 5.69 Å². The molecule has 0 aliphatic carbocycles. The number of hydrogen-bond acceptors (Lipinski definition) is 5. The van der Waals surface area contributed by atoms with Crippen molar-refractivity contribution in [1.82, 2.24) is 15.2 Å². The smallest absolute Gasteiger partial charge is 0.357 e. The first kappa shape index (κ1) is 15.6. The molecule has 0 saturated carbocycles. The van der Waals surface area contributed by atoms with Gasteiger partial charge in [-0.1, -0.05) is 27.1 Å². The van der Waals surface area contributed by atoms with Crippen molar-refractivity contribution in [2.45, 2.75) is 0 Å². The molecule has 116 valence electrons. The topological polar surface area (TPSA) is 114 Å². The maximum Gasteiger partial charge on any atom is 0.357 e. The highest BCUT2D eigenvalue weighted by Gasteiger charge is 2.25. The number of carbonyl (C=O) groups is 1. The van der Waals surface area contributed by atoms with Crippen molar-refractivity contribution >= 4 is 60.2 Å². The second-order valence-electron chi connectivity index (χ2n) is 4.44. The Bertz CT molecular complexity index is 941. The van der Waals surface area contributed by atoms with E-state index in [4.69, 9.17) is 0 Å². The molecule has 0 saturated heterocycles. The van der Waals surface area contributed by atoms with Crippen LogP contribution in [0.3, 0.4) is 0 Å². The Kier molecular flexibility index (Phi) is 4.09. The van der Waals surface area contributed by atoms with Gasteiger partial charge < -0.3 is 15.4 Å². The molecule has 1 aromatic carbocycles. The van der Waals surface area contributed by atoms with E-state index >= 15 is 0 Å². The Morgan fingerprint density at radius 3 is 2.78 bits per heavy atom. The second-order valence-corrected chi connectivity index (χ2v) is 6.09. The number of halogens is 2. The van der Waals surface area contributed by atoms with E-state index in [0.717, 1.165) is 9.86 Å². The highest BCUT2D eigenvalue weighted by atomic mass is 79.9. The highest BCUT2D eigenvalue weighted by Crippen LogP contribution is 2.30. The first-order chi connectivity index (χ1) is 11.0. The van der Waals surface area contributed by atoms with E-state index in [-0.39, 0.29) is 16.0 Å². The van der Waals surface area contributed by atoms with Gasteiger partial charge in [-0.15, -0.1) is 5.10 Å². The molecule has 10 heteroatoms. The monoisotopic (exact) mass is 439 g/mol. The molecule has 0 unspecified atom stereocenters. The van der Waals surface area contributed by atoms with Crippen molar-refractivity contribution in [3.63, 3.8) is 0 Å². The van der Waals surface area contributed by atoms with Crippen molar-refractivity contribution in [3.05, 3.63) is 55.2 Å². The number of fused-ring (bicyclic) bond motifs is 1. The number of nitro groups is 1. The average Bonchev–Trinajstić information content (AvgIpc) is 2.92. The SMILES string of the molecule is O=C(Nc1ccc(Br)c2cccnc12)c1n[nH]c([N+](=O)[O-])c1Br. The molecule has 3 aromatic rings. The first-order valence-corrected chi connectivity index (χ1v) is 7.80. The quantitative estimate of drug-likeness (QED) is 0.476. The lowest BCUT2D eigenvalue weighted by Gasteiger charge is -2.08. The molecule has 2 aromatic heterocycles. The molecule has 8 nitrogen and oxygen atoms in total. The molecule has 0 bridgehead atoms. The van der Waals surface area contributed by atoms with Crippen molar-refractivity contribution in [3.8, 4) is 0 Å². The molecule has 2 N–H and O–H groups in total. The maximum absolute atomic E-state index is 12.3. The van der Waals surface area contributed by atoms with Gasteiger partial charge in [0.25, 0.3) is 5.91 Å². The van der Waals surface area contributed by atoms with Crippen LogP contribution < -0.4 is 5.32 Å². The van der Waals surface area contributed by atoms with Crippen LogP contribution in [0.2, 0.25) is 0 Å². The van der Waals surface area contributed by atoms with Gasteiger partial charge in [-0.3, -0.25) is 9.78 Å². The summed E-state index contributed by atoms with van der Waals surface area (Å²) in [5.41, 5.74) is 0.964. The van der Waals surface area contributed by atoms with Crippen LogP contribution in [0.4, 0.5) is 11.5 Å². The maximum atomic E-state index is 12.3. The zero-order valence-electron chi connectivity index (χ0n) is 11.2. The number of aromatic nitrogens is 3. The summed E-state index contributed by atoms with van der Waals surface area (Å²) in [6.45, 7) is 0. The van der Waals surface area contributed by atoms with Gasteiger partial charge in [0.2, 0.25) is 0 Å². The minimum atomic E-state index is -0.662. The summed E-state index contributed by atoms with van der Waals surface area (Å²) in [5, 5.41) is 20.2.